The topological polar surface area (TPSA) is 48.0 Å². The van der Waals surface area contributed by atoms with Crippen LogP contribution in [0.2, 0.25) is 0 Å². The van der Waals surface area contributed by atoms with Crippen molar-refractivity contribution in [2.24, 2.45) is 0 Å². The van der Waals surface area contributed by atoms with Gasteiger partial charge in [0.05, 0.1) is 13.0 Å². The van der Waals surface area contributed by atoms with Crippen LogP contribution in [0, 0.1) is 0 Å². The van der Waals surface area contributed by atoms with E-state index in [0.717, 1.165) is 5.56 Å². The zero-order valence-electron chi connectivity index (χ0n) is 12.0. The summed E-state index contributed by atoms with van der Waals surface area (Å²) in [6.07, 6.45) is -4.47. The molecule has 0 fully saturated rings. The van der Waals surface area contributed by atoms with Gasteiger partial charge in [-0.15, -0.1) is 0 Å². The van der Waals surface area contributed by atoms with E-state index >= 15 is 0 Å². The lowest BCUT2D eigenvalue weighted by Gasteiger charge is -2.17. The molecule has 22 heavy (non-hydrogen) atoms. The van der Waals surface area contributed by atoms with Crippen LogP contribution in [0.4, 0.5) is 13.2 Å². The quantitative estimate of drug-likeness (QED) is 0.755. The highest BCUT2D eigenvalue weighted by Gasteiger charge is 2.27. The maximum atomic E-state index is 11.9. The Bertz CT molecular complexity index is 533. The van der Waals surface area contributed by atoms with Gasteiger partial charge in [0.2, 0.25) is 12.7 Å². The zero-order chi connectivity index (χ0) is 16.2. The van der Waals surface area contributed by atoms with Crippen molar-refractivity contribution >= 4 is 5.91 Å². The van der Waals surface area contributed by atoms with Gasteiger partial charge in [-0.1, -0.05) is 6.07 Å². The largest absolute Gasteiger partial charge is 0.454 e. The predicted molar refractivity (Wildman–Crippen MR) is 70.5 cm³/mol. The number of carbonyl (C=O) groups is 1. The Hall–Kier alpha value is -1.96. The minimum atomic E-state index is -4.37. The Labute approximate surface area is 125 Å². The van der Waals surface area contributed by atoms with Crippen LogP contribution in [0.1, 0.15) is 12.0 Å². The number of ether oxygens (including phenoxy) is 3. The fourth-order valence-corrected chi connectivity index (χ4v) is 1.94. The van der Waals surface area contributed by atoms with E-state index in [-0.39, 0.29) is 25.7 Å². The molecule has 1 aromatic rings. The third kappa shape index (κ3) is 4.80. The smallest absolute Gasteiger partial charge is 0.411 e. The van der Waals surface area contributed by atoms with Crippen molar-refractivity contribution in [3.8, 4) is 11.5 Å². The number of hydrogen-bond acceptors (Lipinski definition) is 4. The number of fused-ring (bicyclic) bond motifs is 1. The first kappa shape index (κ1) is 16.4. The minimum absolute atomic E-state index is 0.100. The molecule has 0 bridgehead atoms. The van der Waals surface area contributed by atoms with Crippen LogP contribution >= 0.6 is 0 Å². The number of halogens is 3. The lowest BCUT2D eigenvalue weighted by Crippen LogP contribution is -2.27. The van der Waals surface area contributed by atoms with E-state index in [0.29, 0.717) is 18.0 Å². The standard InChI is InChI=1S/C14H16F3NO4/c1-18(13(19)4-5-20-8-14(15,16)17)7-10-2-3-11-12(6-10)22-9-21-11/h2-3,6H,4-5,7-9H2,1H3. The molecule has 5 nitrogen and oxygen atoms in total. The molecule has 0 N–H and O–H groups in total. The van der Waals surface area contributed by atoms with E-state index in [1.54, 1.807) is 25.2 Å². The summed E-state index contributed by atoms with van der Waals surface area (Å²) < 4.78 is 50.5. The molecular weight excluding hydrogens is 303 g/mol. The third-order valence-electron chi connectivity index (χ3n) is 3.01. The van der Waals surface area contributed by atoms with E-state index in [1.165, 1.54) is 4.90 Å². The van der Waals surface area contributed by atoms with E-state index in [4.69, 9.17) is 9.47 Å². The van der Waals surface area contributed by atoms with Crippen LogP contribution in [-0.2, 0) is 16.1 Å². The van der Waals surface area contributed by atoms with Gasteiger partial charge in [-0.25, -0.2) is 0 Å². The molecule has 1 heterocycles. The fraction of sp³-hybridized carbons (Fsp3) is 0.500. The van der Waals surface area contributed by atoms with Gasteiger partial charge in [0, 0.05) is 13.6 Å². The Morgan fingerprint density at radius 1 is 1.32 bits per heavy atom. The van der Waals surface area contributed by atoms with E-state index < -0.39 is 12.8 Å². The summed E-state index contributed by atoms with van der Waals surface area (Å²) in [6.45, 7) is -1.10. The first-order chi connectivity index (χ1) is 10.3. The molecule has 1 aliphatic heterocycles. The van der Waals surface area contributed by atoms with Crippen molar-refractivity contribution < 1.29 is 32.2 Å². The summed E-state index contributed by atoms with van der Waals surface area (Å²) >= 11 is 0. The van der Waals surface area contributed by atoms with E-state index in [2.05, 4.69) is 4.74 Å². The number of benzene rings is 1. The number of nitrogens with zero attached hydrogens (tertiary/aromatic N) is 1. The molecule has 0 aromatic heterocycles. The van der Waals surface area contributed by atoms with Gasteiger partial charge in [-0.05, 0) is 17.7 Å². The molecule has 0 saturated heterocycles. The molecule has 1 amide bonds. The average molecular weight is 319 g/mol. The van der Waals surface area contributed by atoms with Gasteiger partial charge < -0.3 is 19.1 Å². The Morgan fingerprint density at radius 3 is 2.77 bits per heavy atom. The van der Waals surface area contributed by atoms with Gasteiger partial charge in [-0.3, -0.25) is 4.79 Å². The molecule has 0 spiro atoms. The maximum absolute atomic E-state index is 11.9. The van der Waals surface area contributed by atoms with E-state index in [9.17, 15) is 18.0 Å². The first-order valence-corrected chi connectivity index (χ1v) is 6.62. The molecule has 0 aliphatic carbocycles. The average Bonchev–Trinajstić information content (AvgIpc) is 2.89. The molecular formula is C14H16F3NO4. The Balaban J connectivity index is 1.76. The van der Waals surface area contributed by atoms with Crippen molar-refractivity contribution in [3.63, 3.8) is 0 Å². The second-order valence-corrected chi connectivity index (χ2v) is 4.86. The second-order valence-electron chi connectivity index (χ2n) is 4.86. The zero-order valence-corrected chi connectivity index (χ0v) is 12.0. The summed E-state index contributed by atoms with van der Waals surface area (Å²) in [4.78, 5) is 13.2. The normalized spacial score (nSPS) is 13.3. The highest BCUT2D eigenvalue weighted by Crippen LogP contribution is 2.32. The molecule has 2 rings (SSSR count). The number of rotatable bonds is 6. The van der Waals surface area contributed by atoms with Crippen molar-refractivity contribution in [2.45, 2.75) is 19.1 Å². The molecule has 0 unspecified atom stereocenters. The Morgan fingerprint density at radius 2 is 2.05 bits per heavy atom. The predicted octanol–water partition coefficient (Wildman–Crippen LogP) is 2.34. The van der Waals surface area contributed by atoms with Gasteiger partial charge in [0.1, 0.15) is 6.61 Å². The summed E-state index contributed by atoms with van der Waals surface area (Å²) in [6, 6.07) is 5.33. The highest BCUT2D eigenvalue weighted by atomic mass is 19.4. The fourth-order valence-electron chi connectivity index (χ4n) is 1.94. The number of carbonyl (C=O) groups excluding carboxylic acids is 1. The van der Waals surface area contributed by atoms with Gasteiger partial charge in [0.25, 0.3) is 0 Å². The summed E-state index contributed by atoms with van der Waals surface area (Å²) in [5.41, 5.74) is 0.844. The Kier molecular flexibility index (Phi) is 5.12. The van der Waals surface area contributed by atoms with Crippen LogP contribution in [0.3, 0.4) is 0 Å². The molecule has 0 atom stereocenters. The number of hydrogen-bond donors (Lipinski definition) is 0. The van der Waals surface area contributed by atoms with Crippen LogP contribution < -0.4 is 9.47 Å². The second kappa shape index (κ2) is 6.87. The summed E-state index contributed by atoms with van der Waals surface area (Å²) in [7, 11) is 1.58. The van der Waals surface area contributed by atoms with Gasteiger partial charge >= 0.3 is 6.18 Å². The minimum Gasteiger partial charge on any atom is -0.454 e. The summed E-state index contributed by atoms with van der Waals surface area (Å²) in [5.74, 6) is 0.977. The van der Waals surface area contributed by atoms with Crippen molar-refractivity contribution in [2.75, 3.05) is 27.1 Å². The van der Waals surface area contributed by atoms with Crippen LogP contribution in [0.15, 0.2) is 18.2 Å². The maximum Gasteiger partial charge on any atom is 0.411 e. The van der Waals surface area contributed by atoms with Crippen LogP contribution in [0.5, 0.6) is 11.5 Å². The summed E-state index contributed by atoms with van der Waals surface area (Å²) in [5, 5.41) is 0. The molecule has 8 heteroatoms. The van der Waals surface area contributed by atoms with Crippen molar-refractivity contribution in [3.05, 3.63) is 23.8 Å². The van der Waals surface area contributed by atoms with Gasteiger partial charge in [-0.2, -0.15) is 13.2 Å². The molecule has 122 valence electrons. The SMILES string of the molecule is CN(Cc1ccc2c(c1)OCO2)C(=O)CCOCC(F)(F)F. The van der Waals surface area contributed by atoms with E-state index in [1.807, 2.05) is 0 Å². The molecule has 0 radical (unpaired) electrons. The highest BCUT2D eigenvalue weighted by molar-refractivity contribution is 5.76. The molecule has 1 aliphatic rings. The van der Waals surface area contributed by atoms with Crippen LogP contribution in [0.25, 0.3) is 0 Å². The lowest BCUT2D eigenvalue weighted by molar-refractivity contribution is -0.175. The first-order valence-electron chi connectivity index (χ1n) is 6.62. The number of amides is 1. The van der Waals surface area contributed by atoms with Crippen molar-refractivity contribution in [1.82, 2.24) is 4.90 Å². The van der Waals surface area contributed by atoms with Gasteiger partial charge in [0.15, 0.2) is 11.5 Å². The van der Waals surface area contributed by atoms with Crippen molar-refractivity contribution in [1.29, 1.82) is 0 Å². The number of alkyl halides is 3. The van der Waals surface area contributed by atoms with Crippen LogP contribution in [-0.4, -0.2) is 44.0 Å². The third-order valence-corrected chi connectivity index (χ3v) is 3.01. The molecule has 1 aromatic carbocycles. The monoisotopic (exact) mass is 319 g/mol. The lowest BCUT2D eigenvalue weighted by atomic mass is 10.2. The molecule has 0 saturated carbocycles.